The van der Waals surface area contributed by atoms with E-state index >= 15 is 0 Å². The molecule has 0 saturated carbocycles. The summed E-state index contributed by atoms with van der Waals surface area (Å²) in [6.07, 6.45) is 0. The van der Waals surface area contributed by atoms with Crippen molar-refractivity contribution < 1.29 is 9.15 Å². The third-order valence-electron chi connectivity index (χ3n) is 3.11. The summed E-state index contributed by atoms with van der Waals surface area (Å²) in [7, 11) is 0. The Labute approximate surface area is 128 Å². The predicted molar refractivity (Wildman–Crippen MR) is 84.0 cm³/mol. The number of ether oxygens (including phenoxy) is 1. The lowest BCUT2D eigenvalue weighted by atomic mass is 10.2. The van der Waals surface area contributed by atoms with Gasteiger partial charge in [0.05, 0.1) is 6.54 Å². The molecule has 0 aliphatic rings. The van der Waals surface area contributed by atoms with Crippen LogP contribution in [0.2, 0.25) is 0 Å². The van der Waals surface area contributed by atoms with Crippen LogP contribution in [0.5, 0.6) is 5.75 Å². The zero-order valence-electron chi connectivity index (χ0n) is 12.1. The first kappa shape index (κ1) is 15.1. The van der Waals surface area contributed by atoms with E-state index in [1.54, 1.807) is 0 Å². The molecule has 0 amide bonds. The molecule has 1 heterocycles. The van der Waals surface area contributed by atoms with Crippen LogP contribution >= 0.6 is 15.9 Å². The highest BCUT2D eigenvalue weighted by Crippen LogP contribution is 2.24. The van der Waals surface area contributed by atoms with Gasteiger partial charge < -0.3 is 14.5 Å². The van der Waals surface area contributed by atoms with Gasteiger partial charge in [-0.2, -0.15) is 0 Å². The van der Waals surface area contributed by atoms with Gasteiger partial charge in [0, 0.05) is 4.47 Å². The Morgan fingerprint density at radius 2 is 2.00 bits per heavy atom. The molecule has 1 aromatic carbocycles. The number of hydrogen-bond donors (Lipinski definition) is 1. The van der Waals surface area contributed by atoms with Crippen LogP contribution in [0.4, 0.5) is 0 Å². The fourth-order valence-electron chi connectivity index (χ4n) is 2.00. The quantitative estimate of drug-likeness (QED) is 0.850. The monoisotopic (exact) mass is 337 g/mol. The fraction of sp³-hybridized carbons (Fsp3) is 0.375. The minimum Gasteiger partial charge on any atom is -0.485 e. The van der Waals surface area contributed by atoms with Crippen molar-refractivity contribution in [1.29, 1.82) is 0 Å². The highest BCUT2D eigenvalue weighted by molar-refractivity contribution is 9.10. The van der Waals surface area contributed by atoms with E-state index in [0.29, 0.717) is 6.61 Å². The average Bonchev–Trinajstić information content (AvgIpc) is 2.76. The minimum absolute atomic E-state index is 0.454. The summed E-state index contributed by atoms with van der Waals surface area (Å²) >= 11 is 3.45. The molecule has 108 valence electrons. The van der Waals surface area contributed by atoms with Crippen molar-refractivity contribution >= 4 is 15.9 Å². The first-order valence-electron chi connectivity index (χ1n) is 6.78. The number of furan rings is 1. The van der Waals surface area contributed by atoms with Crippen molar-refractivity contribution in [3.05, 3.63) is 51.4 Å². The Hall–Kier alpha value is -1.26. The molecular formula is C16H20BrNO2. The predicted octanol–water partition coefficient (Wildman–Crippen LogP) is 4.35. The molecule has 0 radical (unpaired) electrons. The maximum absolute atomic E-state index is 5.82. The molecule has 0 spiro atoms. The molecular weight excluding hydrogens is 318 g/mol. The Balaban J connectivity index is 2.00. The zero-order valence-corrected chi connectivity index (χ0v) is 13.7. The van der Waals surface area contributed by atoms with Crippen molar-refractivity contribution in [3.63, 3.8) is 0 Å². The molecule has 2 rings (SSSR count). The van der Waals surface area contributed by atoms with Gasteiger partial charge in [0.2, 0.25) is 0 Å². The molecule has 4 heteroatoms. The molecule has 1 N–H and O–H groups in total. The summed E-state index contributed by atoms with van der Waals surface area (Å²) in [5.41, 5.74) is 2.27. The van der Waals surface area contributed by atoms with Gasteiger partial charge in [-0.05, 0) is 55.8 Å². The Morgan fingerprint density at radius 1 is 1.20 bits per heavy atom. The van der Waals surface area contributed by atoms with E-state index in [9.17, 15) is 0 Å². The smallest absolute Gasteiger partial charge is 0.146 e. The first-order chi connectivity index (χ1) is 9.60. The Morgan fingerprint density at radius 3 is 2.70 bits per heavy atom. The van der Waals surface area contributed by atoms with Crippen LogP contribution in [0.1, 0.15) is 29.6 Å². The van der Waals surface area contributed by atoms with E-state index in [-0.39, 0.29) is 0 Å². The van der Waals surface area contributed by atoms with Crippen molar-refractivity contribution in [1.82, 2.24) is 5.32 Å². The average molecular weight is 338 g/mol. The summed E-state index contributed by atoms with van der Waals surface area (Å²) in [5.74, 6) is 2.73. The van der Waals surface area contributed by atoms with Crippen LogP contribution in [0, 0.1) is 13.8 Å². The highest BCUT2D eigenvalue weighted by atomic mass is 79.9. The van der Waals surface area contributed by atoms with Crippen LogP contribution in [0.25, 0.3) is 0 Å². The molecule has 0 atom stereocenters. The van der Waals surface area contributed by atoms with E-state index in [1.165, 1.54) is 0 Å². The second-order valence-corrected chi connectivity index (χ2v) is 5.71. The van der Waals surface area contributed by atoms with E-state index in [2.05, 4.69) is 35.1 Å². The van der Waals surface area contributed by atoms with Gasteiger partial charge in [-0.3, -0.25) is 0 Å². The number of benzene rings is 1. The van der Waals surface area contributed by atoms with Crippen LogP contribution < -0.4 is 10.1 Å². The third-order valence-corrected chi connectivity index (χ3v) is 3.61. The lowest BCUT2D eigenvalue weighted by Gasteiger charge is -2.07. The lowest BCUT2D eigenvalue weighted by Crippen LogP contribution is -2.11. The van der Waals surface area contributed by atoms with Crippen molar-refractivity contribution in [2.24, 2.45) is 0 Å². The van der Waals surface area contributed by atoms with Crippen LogP contribution in [-0.2, 0) is 13.2 Å². The molecule has 2 aromatic rings. The third kappa shape index (κ3) is 3.87. The summed E-state index contributed by atoms with van der Waals surface area (Å²) in [4.78, 5) is 0. The number of hydrogen-bond acceptors (Lipinski definition) is 3. The maximum Gasteiger partial charge on any atom is 0.146 e. The van der Waals surface area contributed by atoms with Crippen LogP contribution in [0.3, 0.4) is 0 Å². The zero-order chi connectivity index (χ0) is 14.5. The first-order valence-corrected chi connectivity index (χ1v) is 7.57. The summed E-state index contributed by atoms with van der Waals surface area (Å²) in [6.45, 7) is 8.33. The second kappa shape index (κ2) is 6.95. The number of halogens is 1. The summed E-state index contributed by atoms with van der Waals surface area (Å²) in [5, 5.41) is 3.27. The van der Waals surface area contributed by atoms with E-state index in [1.807, 2.05) is 31.2 Å². The van der Waals surface area contributed by atoms with E-state index in [0.717, 1.165) is 46.0 Å². The molecule has 0 saturated heterocycles. The summed E-state index contributed by atoms with van der Waals surface area (Å²) < 4.78 is 12.7. The van der Waals surface area contributed by atoms with Crippen molar-refractivity contribution in [2.45, 2.75) is 33.9 Å². The Kier molecular flexibility index (Phi) is 5.26. The van der Waals surface area contributed by atoms with Crippen LogP contribution in [0.15, 0.2) is 33.2 Å². The van der Waals surface area contributed by atoms with Gasteiger partial charge >= 0.3 is 0 Å². The highest BCUT2D eigenvalue weighted by Gasteiger charge is 2.08. The summed E-state index contributed by atoms with van der Waals surface area (Å²) in [6, 6.07) is 8.03. The molecule has 0 bridgehead atoms. The molecule has 0 unspecified atom stereocenters. The molecule has 3 nitrogen and oxygen atoms in total. The number of aryl methyl sites for hydroxylation is 2. The Bertz CT molecular complexity index is 578. The van der Waals surface area contributed by atoms with Crippen molar-refractivity contribution in [3.8, 4) is 5.75 Å². The van der Waals surface area contributed by atoms with Crippen LogP contribution in [-0.4, -0.2) is 6.54 Å². The van der Waals surface area contributed by atoms with Gasteiger partial charge in [-0.25, -0.2) is 0 Å². The van der Waals surface area contributed by atoms with E-state index < -0.39 is 0 Å². The standard InChI is InChI=1S/C16H20BrNO2/c1-4-18-9-16-12(3)8-14(20-16)10-19-15-6-5-13(17)7-11(15)2/h5-8,18H,4,9-10H2,1-3H3. The van der Waals surface area contributed by atoms with Gasteiger partial charge in [0.25, 0.3) is 0 Å². The topological polar surface area (TPSA) is 34.4 Å². The fourth-order valence-corrected chi connectivity index (χ4v) is 2.47. The molecule has 0 aliphatic carbocycles. The number of rotatable bonds is 6. The minimum atomic E-state index is 0.454. The molecule has 0 aliphatic heterocycles. The largest absolute Gasteiger partial charge is 0.485 e. The molecule has 20 heavy (non-hydrogen) atoms. The van der Waals surface area contributed by atoms with Crippen molar-refractivity contribution in [2.75, 3.05) is 6.54 Å². The number of nitrogens with one attached hydrogen (secondary N) is 1. The molecule has 1 aromatic heterocycles. The SMILES string of the molecule is CCNCc1oc(COc2ccc(Br)cc2C)cc1C. The second-order valence-electron chi connectivity index (χ2n) is 4.80. The van der Waals surface area contributed by atoms with Gasteiger partial charge in [0.1, 0.15) is 23.9 Å². The van der Waals surface area contributed by atoms with Gasteiger partial charge in [0.15, 0.2) is 0 Å². The lowest BCUT2D eigenvalue weighted by molar-refractivity contribution is 0.263. The molecule has 0 fully saturated rings. The van der Waals surface area contributed by atoms with Gasteiger partial charge in [-0.1, -0.05) is 22.9 Å². The normalized spacial score (nSPS) is 10.8. The van der Waals surface area contributed by atoms with E-state index in [4.69, 9.17) is 9.15 Å². The van der Waals surface area contributed by atoms with Gasteiger partial charge in [-0.15, -0.1) is 0 Å². The maximum atomic E-state index is 5.82.